The van der Waals surface area contributed by atoms with Gasteiger partial charge in [0.1, 0.15) is 18.2 Å². The molecule has 0 unspecified atom stereocenters. The van der Waals surface area contributed by atoms with Crippen molar-refractivity contribution < 1.29 is 9.53 Å². The van der Waals surface area contributed by atoms with Crippen LogP contribution in [-0.2, 0) is 16.0 Å². The summed E-state index contributed by atoms with van der Waals surface area (Å²) in [6, 6.07) is 1.95. The number of aromatic nitrogens is 2. The molecule has 0 bridgehead atoms. The average Bonchev–Trinajstić information content (AvgIpc) is 2.37. The van der Waals surface area contributed by atoms with E-state index in [-0.39, 0.29) is 12.5 Å². The maximum Gasteiger partial charge on any atom is 0.325 e. The molecule has 0 radical (unpaired) electrons. The molecular formula is C14H23N3O2. The van der Waals surface area contributed by atoms with Gasteiger partial charge in [0.25, 0.3) is 0 Å². The fourth-order valence-corrected chi connectivity index (χ4v) is 1.86. The van der Waals surface area contributed by atoms with Gasteiger partial charge >= 0.3 is 5.97 Å². The summed E-state index contributed by atoms with van der Waals surface area (Å²) in [5, 5.41) is 0. The van der Waals surface area contributed by atoms with Crippen molar-refractivity contribution in [3.8, 4) is 0 Å². The Morgan fingerprint density at radius 1 is 1.32 bits per heavy atom. The number of anilines is 1. The minimum Gasteiger partial charge on any atom is -0.465 e. The van der Waals surface area contributed by atoms with Gasteiger partial charge in [-0.2, -0.15) is 0 Å². The van der Waals surface area contributed by atoms with Crippen molar-refractivity contribution in [1.82, 2.24) is 9.97 Å². The monoisotopic (exact) mass is 265 g/mol. The van der Waals surface area contributed by atoms with Crippen LogP contribution in [-0.4, -0.2) is 35.6 Å². The van der Waals surface area contributed by atoms with Crippen LogP contribution < -0.4 is 4.90 Å². The highest BCUT2D eigenvalue weighted by molar-refractivity contribution is 5.75. The third kappa shape index (κ3) is 4.85. The van der Waals surface area contributed by atoms with Crippen molar-refractivity contribution in [1.29, 1.82) is 0 Å². The molecule has 0 fully saturated rings. The molecule has 5 nitrogen and oxygen atoms in total. The first kappa shape index (κ1) is 15.4. The van der Waals surface area contributed by atoms with Crippen molar-refractivity contribution in [2.24, 2.45) is 0 Å². The molecule has 0 N–H and O–H groups in total. The predicted molar refractivity (Wildman–Crippen MR) is 75.3 cm³/mol. The quantitative estimate of drug-likeness (QED) is 0.707. The number of rotatable bonds is 7. The average molecular weight is 265 g/mol. The third-order valence-corrected chi connectivity index (χ3v) is 2.68. The Balaban J connectivity index is 2.91. The molecule has 0 aliphatic heterocycles. The molecular weight excluding hydrogens is 242 g/mol. The number of carbonyl (C=O) groups is 1. The predicted octanol–water partition coefficient (Wildman–Crippen LogP) is 2.13. The smallest absolute Gasteiger partial charge is 0.325 e. The lowest BCUT2D eigenvalue weighted by Crippen LogP contribution is -2.32. The van der Waals surface area contributed by atoms with Crippen molar-refractivity contribution in [2.45, 2.75) is 40.5 Å². The van der Waals surface area contributed by atoms with Gasteiger partial charge in [-0.25, -0.2) is 9.97 Å². The van der Waals surface area contributed by atoms with Gasteiger partial charge in [-0.3, -0.25) is 4.79 Å². The van der Waals surface area contributed by atoms with Crippen LogP contribution in [0, 0.1) is 6.92 Å². The van der Waals surface area contributed by atoms with Crippen LogP contribution in [0.4, 0.5) is 5.82 Å². The minimum absolute atomic E-state index is 0.217. The van der Waals surface area contributed by atoms with Gasteiger partial charge in [-0.1, -0.05) is 13.8 Å². The van der Waals surface area contributed by atoms with E-state index < -0.39 is 0 Å². The molecule has 0 aromatic carbocycles. The Kier molecular flexibility index (Phi) is 6.25. The highest BCUT2D eigenvalue weighted by atomic mass is 16.5. The number of ether oxygens (including phenoxy) is 1. The van der Waals surface area contributed by atoms with Gasteiger partial charge in [0, 0.05) is 18.3 Å². The summed E-state index contributed by atoms with van der Waals surface area (Å²) < 4.78 is 5.00. The summed E-state index contributed by atoms with van der Waals surface area (Å²) in [7, 11) is 0. The van der Waals surface area contributed by atoms with Crippen molar-refractivity contribution in [2.75, 3.05) is 24.6 Å². The van der Waals surface area contributed by atoms with E-state index in [1.165, 1.54) is 0 Å². The lowest BCUT2D eigenvalue weighted by molar-refractivity contribution is -0.141. The van der Waals surface area contributed by atoms with E-state index >= 15 is 0 Å². The summed E-state index contributed by atoms with van der Waals surface area (Å²) in [6.07, 6.45) is 1.81. The van der Waals surface area contributed by atoms with Crippen LogP contribution in [0.3, 0.4) is 0 Å². The van der Waals surface area contributed by atoms with Crippen LogP contribution in [0.1, 0.15) is 38.7 Å². The van der Waals surface area contributed by atoms with E-state index in [0.29, 0.717) is 6.61 Å². The van der Waals surface area contributed by atoms with E-state index in [1.54, 1.807) is 0 Å². The number of carbonyl (C=O) groups excluding carboxylic acids is 1. The molecule has 0 saturated heterocycles. The van der Waals surface area contributed by atoms with E-state index in [2.05, 4.69) is 23.8 Å². The SMILES string of the molecule is CCCN(CC(=O)OCC)c1cc(CC)nc(C)n1. The minimum atomic E-state index is -0.217. The molecule has 1 aromatic heterocycles. The Morgan fingerprint density at radius 2 is 2.05 bits per heavy atom. The first-order chi connectivity index (χ1) is 9.10. The number of nitrogens with zero attached hydrogens (tertiary/aromatic N) is 3. The van der Waals surface area contributed by atoms with E-state index in [4.69, 9.17) is 4.74 Å². The summed E-state index contributed by atoms with van der Waals surface area (Å²) in [6.45, 7) is 9.23. The van der Waals surface area contributed by atoms with E-state index in [1.807, 2.05) is 24.8 Å². The first-order valence-corrected chi connectivity index (χ1v) is 6.85. The van der Waals surface area contributed by atoms with Gasteiger partial charge in [0.2, 0.25) is 0 Å². The fourth-order valence-electron chi connectivity index (χ4n) is 1.86. The first-order valence-electron chi connectivity index (χ1n) is 6.85. The maximum atomic E-state index is 11.6. The van der Waals surface area contributed by atoms with Crippen LogP contribution >= 0.6 is 0 Å². The Morgan fingerprint density at radius 3 is 2.63 bits per heavy atom. The van der Waals surface area contributed by atoms with Crippen molar-refractivity contribution >= 4 is 11.8 Å². The summed E-state index contributed by atoms with van der Waals surface area (Å²) in [5.41, 5.74) is 0.993. The van der Waals surface area contributed by atoms with Gasteiger partial charge in [-0.05, 0) is 26.7 Å². The van der Waals surface area contributed by atoms with Crippen LogP contribution in [0.15, 0.2) is 6.07 Å². The van der Waals surface area contributed by atoms with Crippen LogP contribution in [0.25, 0.3) is 0 Å². The normalized spacial score (nSPS) is 10.3. The van der Waals surface area contributed by atoms with E-state index in [9.17, 15) is 4.79 Å². The molecule has 19 heavy (non-hydrogen) atoms. The van der Waals surface area contributed by atoms with Gasteiger partial charge < -0.3 is 9.64 Å². The second-order valence-corrected chi connectivity index (χ2v) is 4.34. The van der Waals surface area contributed by atoms with Gasteiger partial charge in [0.05, 0.1) is 6.61 Å². The lowest BCUT2D eigenvalue weighted by Gasteiger charge is -2.22. The van der Waals surface area contributed by atoms with Crippen LogP contribution in [0.5, 0.6) is 0 Å². The van der Waals surface area contributed by atoms with Crippen molar-refractivity contribution in [3.63, 3.8) is 0 Å². The fraction of sp³-hybridized carbons (Fsp3) is 0.643. The zero-order chi connectivity index (χ0) is 14.3. The Hall–Kier alpha value is -1.65. The highest BCUT2D eigenvalue weighted by Crippen LogP contribution is 2.14. The van der Waals surface area contributed by atoms with Gasteiger partial charge in [-0.15, -0.1) is 0 Å². The Bertz CT molecular complexity index is 421. The zero-order valence-corrected chi connectivity index (χ0v) is 12.3. The second-order valence-electron chi connectivity index (χ2n) is 4.34. The Labute approximate surface area is 115 Å². The number of aryl methyl sites for hydroxylation is 2. The van der Waals surface area contributed by atoms with Crippen molar-refractivity contribution in [3.05, 3.63) is 17.6 Å². The van der Waals surface area contributed by atoms with E-state index in [0.717, 1.165) is 36.7 Å². The third-order valence-electron chi connectivity index (χ3n) is 2.68. The molecule has 5 heteroatoms. The molecule has 1 aromatic rings. The summed E-state index contributed by atoms with van der Waals surface area (Å²) in [5.74, 6) is 1.32. The highest BCUT2D eigenvalue weighted by Gasteiger charge is 2.14. The molecule has 1 rings (SSSR count). The topological polar surface area (TPSA) is 55.3 Å². The molecule has 0 aliphatic carbocycles. The molecule has 106 valence electrons. The standard InChI is InChI=1S/C14H23N3O2/c1-5-8-17(10-14(18)19-7-3)13-9-12(6-2)15-11(4)16-13/h9H,5-8,10H2,1-4H3. The number of hydrogen-bond acceptors (Lipinski definition) is 5. The van der Waals surface area contributed by atoms with Gasteiger partial charge in [0.15, 0.2) is 0 Å². The molecule has 0 atom stereocenters. The zero-order valence-electron chi connectivity index (χ0n) is 12.3. The largest absolute Gasteiger partial charge is 0.465 e. The molecule has 0 saturated carbocycles. The summed E-state index contributed by atoms with van der Waals surface area (Å²) >= 11 is 0. The molecule has 0 amide bonds. The number of esters is 1. The van der Waals surface area contributed by atoms with Crippen LogP contribution in [0.2, 0.25) is 0 Å². The maximum absolute atomic E-state index is 11.6. The molecule has 0 aliphatic rings. The number of hydrogen-bond donors (Lipinski definition) is 0. The molecule has 1 heterocycles. The second kappa shape index (κ2) is 7.71. The summed E-state index contributed by atoms with van der Waals surface area (Å²) in [4.78, 5) is 22.4. The molecule has 0 spiro atoms. The lowest BCUT2D eigenvalue weighted by atomic mass is 10.3.